The predicted molar refractivity (Wildman–Crippen MR) is 101 cm³/mol. The van der Waals surface area contributed by atoms with Gasteiger partial charge in [0.2, 0.25) is 5.91 Å². The molecule has 3 rings (SSSR count). The van der Waals surface area contributed by atoms with Gasteiger partial charge in [-0.3, -0.25) is 19.1 Å². The van der Waals surface area contributed by atoms with Crippen molar-refractivity contribution in [1.29, 1.82) is 0 Å². The standard InChI is InChI=1S/C16H12Cl2N4O3S/c17-10-1-2-12(18)9(5-10)6-11-7-19-15(26-11)20-14(24)8-22-4-3-13(23)21-16(22)25/h1-5,7H,6,8H2,(H,19,20,24)(H,21,23,25). The maximum Gasteiger partial charge on any atom is 0.328 e. The minimum Gasteiger partial charge on any atom is -0.300 e. The molecular formula is C16H12Cl2N4O3S. The highest BCUT2D eigenvalue weighted by atomic mass is 35.5. The molecule has 0 bridgehead atoms. The molecule has 2 N–H and O–H groups in total. The van der Waals surface area contributed by atoms with Gasteiger partial charge < -0.3 is 5.32 Å². The first kappa shape index (κ1) is 18.4. The van der Waals surface area contributed by atoms with Crippen LogP contribution in [0.15, 0.2) is 46.2 Å². The first-order chi connectivity index (χ1) is 12.4. The molecule has 3 aromatic rings. The molecule has 26 heavy (non-hydrogen) atoms. The second-order valence-electron chi connectivity index (χ2n) is 5.33. The molecule has 10 heteroatoms. The highest BCUT2D eigenvalue weighted by Crippen LogP contribution is 2.26. The minimum absolute atomic E-state index is 0.231. The number of aromatic amines is 1. The predicted octanol–water partition coefficient (Wildman–Crippen LogP) is 2.53. The number of thiazole rings is 1. The van der Waals surface area contributed by atoms with Gasteiger partial charge in [0.25, 0.3) is 5.56 Å². The monoisotopic (exact) mass is 410 g/mol. The highest BCUT2D eigenvalue weighted by Gasteiger charge is 2.10. The Kier molecular flexibility index (Phi) is 5.55. The van der Waals surface area contributed by atoms with E-state index < -0.39 is 17.2 Å². The number of rotatable bonds is 5. The fourth-order valence-electron chi connectivity index (χ4n) is 2.20. The quantitative estimate of drug-likeness (QED) is 0.675. The molecule has 1 amide bonds. The Labute approximate surface area is 161 Å². The van der Waals surface area contributed by atoms with Gasteiger partial charge in [-0.2, -0.15) is 0 Å². The number of halogens is 2. The Morgan fingerprint density at radius 1 is 1.27 bits per heavy atom. The van der Waals surface area contributed by atoms with Crippen LogP contribution in [0.5, 0.6) is 0 Å². The van der Waals surface area contributed by atoms with Crippen LogP contribution in [0.25, 0.3) is 0 Å². The molecule has 0 fully saturated rings. The van der Waals surface area contributed by atoms with Gasteiger partial charge >= 0.3 is 5.69 Å². The number of anilines is 1. The summed E-state index contributed by atoms with van der Waals surface area (Å²) < 4.78 is 1.09. The first-order valence-corrected chi connectivity index (χ1v) is 8.96. The fraction of sp³-hybridized carbons (Fsp3) is 0.125. The molecular weight excluding hydrogens is 399 g/mol. The van der Waals surface area contributed by atoms with Crippen molar-refractivity contribution in [1.82, 2.24) is 14.5 Å². The van der Waals surface area contributed by atoms with Gasteiger partial charge in [0.15, 0.2) is 5.13 Å². The van der Waals surface area contributed by atoms with Crippen molar-refractivity contribution in [2.75, 3.05) is 5.32 Å². The van der Waals surface area contributed by atoms with Crippen molar-refractivity contribution in [3.63, 3.8) is 0 Å². The van der Waals surface area contributed by atoms with Crippen LogP contribution in [0.4, 0.5) is 5.13 Å². The van der Waals surface area contributed by atoms with Crippen LogP contribution in [-0.4, -0.2) is 20.4 Å². The summed E-state index contributed by atoms with van der Waals surface area (Å²) in [5.74, 6) is -0.430. The van der Waals surface area contributed by atoms with Crippen molar-refractivity contribution in [2.45, 2.75) is 13.0 Å². The van der Waals surface area contributed by atoms with E-state index in [0.29, 0.717) is 21.6 Å². The van der Waals surface area contributed by atoms with Crippen molar-refractivity contribution < 1.29 is 4.79 Å². The third kappa shape index (κ3) is 4.60. The Hall–Kier alpha value is -2.42. The van der Waals surface area contributed by atoms with Gasteiger partial charge in [-0.1, -0.05) is 23.2 Å². The number of nitrogens with one attached hydrogen (secondary N) is 2. The summed E-state index contributed by atoms with van der Waals surface area (Å²) in [7, 11) is 0. The average molecular weight is 411 g/mol. The van der Waals surface area contributed by atoms with E-state index in [-0.39, 0.29) is 6.54 Å². The zero-order valence-electron chi connectivity index (χ0n) is 13.2. The number of H-pyrrole nitrogens is 1. The van der Waals surface area contributed by atoms with Gasteiger partial charge in [0, 0.05) is 39.8 Å². The summed E-state index contributed by atoms with van der Waals surface area (Å²) in [5, 5.41) is 4.22. The zero-order valence-corrected chi connectivity index (χ0v) is 15.5. The minimum atomic E-state index is -0.650. The number of carbonyl (C=O) groups is 1. The van der Waals surface area contributed by atoms with Crippen LogP contribution >= 0.6 is 34.5 Å². The molecule has 1 aromatic carbocycles. The average Bonchev–Trinajstić information content (AvgIpc) is 3.00. The van der Waals surface area contributed by atoms with E-state index in [1.807, 2.05) is 0 Å². The van der Waals surface area contributed by atoms with Crippen LogP contribution in [0, 0.1) is 0 Å². The highest BCUT2D eigenvalue weighted by molar-refractivity contribution is 7.15. The molecule has 134 valence electrons. The Balaban J connectivity index is 1.66. The van der Waals surface area contributed by atoms with Crippen LogP contribution < -0.4 is 16.6 Å². The number of benzene rings is 1. The normalized spacial score (nSPS) is 10.7. The number of hydrogen-bond acceptors (Lipinski definition) is 5. The molecule has 0 aliphatic heterocycles. The Morgan fingerprint density at radius 2 is 2.08 bits per heavy atom. The topological polar surface area (TPSA) is 96.9 Å². The number of carbonyl (C=O) groups excluding carboxylic acids is 1. The maximum absolute atomic E-state index is 12.1. The van der Waals surface area contributed by atoms with Crippen LogP contribution in [0.2, 0.25) is 10.0 Å². The van der Waals surface area contributed by atoms with Crippen molar-refractivity contribution in [2.24, 2.45) is 0 Å². The fourth-order valence-corrected chi connectivity index (χ4v) is 3.43. The molecule has 0 spiro atoms. The van der Waals surface area contributed by atoms with Crippen molar-refractivity contribution >= 4 is 45.6 Å². The van der Waals surface area contributed by atoms with E-state index in [1.165, 1.54) is 23.6 Å². The molecule has 0 aliphatic rings. The molecule has 2 heterocycles. The Morgan fingerprint density at radius 3 is 2.85 bits per heavy atom. The second-order valence-corrected chi connectivity index (χ2v) is 7.29. The summed E-state index contributed by atoms with van der Waals surface area (Å²) in [6.07, 6.45) is 3.44. The smallest absolute Gasteiger partial charge is 0.300 e. The van der Waals surface area contributed by atoms with Gasteiger partial charge in [0.05, 0.1) is 0 Å². The molecule has 2 aromatic heterocycles. The second kappa shape index (κ2) is 7.86. The first-order valence-electron chi connectivity index (χ1n) is 7.39. The van der Waals surface area contributed by atoms with Crippen LogP contribution in [0.1, 0.15) is 10.4 Å². The summed E-state index contributed by atoms with van der Waals surface area (Å²) in [6, 6.07) is 6.39. The molecule has 0 saturated carbocycles. The number of amides is 1. The van der Waals surface area contributed by atoms with Gasteiger partial charge in [-0.05, 0) is 23.8 Å². The molecule has 0 aliphatic carbocycles. The van der Waals surface area contributed by atoms with Crippen LogP contribution in [-0.2, 0) is 17.8 Å². The van der Waals surface area contributed by atoms with Crippen LogP contribution in [0.3, 0.4) is 0 Å². The number of aromatic nitrogens is 3. The lowest BCUT2D eigenvalue weighted by Crippen LogP contribution is -2.32. The van der Waals surface area contributed by atoms with Crippen molar-refractivity contribution in [3.05, 3.63) is 78.0 Å². The van der Waals surface area contributed by atoms with E-state index >= 15 is 0 Å². The van der Waals surface area contributed by atoms with E-state index in [4.69, 9.17) is 23.2 Å². The van der Waals surface area contributed by atoms with E-state index in [9.17, 15) is 14.4 Å². The maximum atomic E-state index is 12.1. The lowest BCUT2D eigenvalue weighted by molar-refractivity contribution is -0.116. The summed E-state index contributed by atoms with van der Waals surface area (Å²) in [6.45, 7) is -0.231. The summed E-state index contributed by atoms with van der Waals surface area (Å²) >= 11 is 13.4. The molecule has 0 atom stereocenters. The zero-order chi connectivity index (χ0) is 18.7. The Bertz CT molecular complexity index is 1070. The summed E-state index contributed by atoms with van der Waals surface area (Å²) in [5.41, 5.74) is -0.306. The molecule has 0 saturated heterocycles. The molecule has 7 nitrogen and oxygen atoms in total. The number of nitrogens with zero attached hydrogens (tertiary/aromatic N) is 2. The largest absolute Gasteiger partial charge is 0.328 e. The van der Waals surface area contributed by atoms with Gasteiger partial charge in [-0.15, -0.1) is 11.3 Å². The SMILES string of the molecule is O=C(Cn1ccc(=O)[nH]c1=O)Nc1ncc(Cc2cc(Cl)ccc2Cl)s1. The van der Waals surface area contributed by atoms with E-state index in [2.05, 4.69) is 15.3 Å². The van der Waals surface area contributed by atoms with Gasteiger partial charge in [-0.25, -0.2) is 9.78 Å². The lowest BCUT2D eigenvalue weighted by atomic mass is 10.1. The summed E-state index contributed by atoms with van der Waals surface area (Å²) in [4.78, 5) is 41.8. The molecule has 0 radical (unpaired) electrons. The third-order valence-electron chi connectivity index (χ3n) is 3.38. The van der Waals surface area contributed by atoms with E-state index in [1.54, 1.807) is 24.4 Å². The third-order valence-corrected chi connectivity index (χ3v) is 4.90. The lowest BCUT2D eigenvalue weighted by Gasteiger charge is -2.04. The van der Waals surface area contributed by atoms with E-state index in [0.717, 1.165) is 15.0 Å². The van der Waals surface area contributed by atoms with Gasteiger partial charge in [0.1, 0.15) is 6.54 Å². The number of hydrogen-bond donors (Lipinski definition) is 2. The molecule has 0 unspecified atom stereocenters. The van der Waals surface area contributed by atoms with Crippen molar-refractivity contribution in [3.8, 4) is 0 Å².